The second-order valence-electron chi connectivity index (χ2n) is 4.85. The van der Waals surface area contributed by atoms with E-state index in [4.69, 9.17) is 0 Å². The number of pyridine rings is 1. The summed E-state index contributed by atoms with van der Waals surface area (Å²) in [5, 5.41) is 0. The molecule has 0 unspecified atom stereocenters. The molecular formula is C13H18BrN3O. The first-order valence-corrected chi connectivity index (χ1v) is 6.94. The molecule has 1 aromatic rings. The number of piperidine rings is 1. The van der Waals surface area contributed by atoms with Crippen LogP contribution in [0.4, 0.5) is 0 Å². The SMILES string of the molecule is CN(C)C1CCN(C(=O)c2ccnc(Br)c2)CC1. The predicted molar refractivity (Wildman–Crippen MR) is 74.5 cm³/mol. The molecule has 0 saturated carbocycles. The normalized spacial score (nSPS) is 17.2. The van der Waals surface area contributed by atoms with Gasteiger partial charge >= 0.3 is 0 Å². The zero-order valence-electron chi connectivity index (χ0n) is 10.8. The van der Waals surface area contributed by atoms with Gasteiger partial charge in [-0.3, -0.25) is 4.79 Å². The highest BCUT2D eigenvalue weighted by Gasteiger charge is 2.24. The van der Waals surface area contributed by atoms with Gasteiger partial charge in [-0.2, -0.15) is 0 Å². The highest BCUT2D eigenvalue weighted by Crippen LogP contribution is 2.17. The fourth-order valence-corrected chi connectivity index (χ4v) is 2.67. The van der Waals surface area contributed by atoms with Crippen molar-refractivity contribution in [3.05, 3.63) is 28.5 Å². The fraction of sp³-hybridized carbons (Fsp3) is 0.538. The Bertz CT molecular complexity index is 428. The number of aromatic nitrogens is 1. The van der Waals surface area contributed by atoms with E-state index in [1.807, 2.05) is 4.90 Å². The minimum absolute atomic E-state index is 0.107. The van der Waals surface area contributed by atoms with Gasteiger partial charge in [0.15, 0.2) is 0 Å². The second-order valence-corrected chi connectivity index (χ2v) is 5.67. The van der Waals surface area contributed by atoms with Crippen molar-refractivity contribution < 1.29 is 4.79 Å². The van der Waals surface area contributed by atoms with Gasteiger partial charge in [-0.25, -0.2) is 4.98 Å². The Kier molecular flexibility index (Phi) is 4.35. The van der Waals surface area contributed by atoms with Crippen LogP contribution in [0.2, 0.25) is 0 Å². The van der Waals surface area contributed by atoms with Crippen LogP contribution in [-0.2, 0) is 0 Å². The van der Waals surface area contributed by atoms with E-state index in [2.05, 4.69) is 39.9 Å². The van der Waals surface area contributed by atoms with Crippen LogP contribution in [0.15, 0.2) is 22.9 Å². The number of hydrogen-bond acceptors (Lipinski definition) is 3. The van der Waals surface area contributed by atoms with Crippen LogP contribution in [0, 0.1) is 0 Å². The molecule has 0 aromatic carbocycles. The Labute approximate surface area is 116 Å². The predicted octanol–water partition coefficient (Wildman–Crippen LogP) is 2.01. The molecular weight excluding hydrogens is 294 g/mol. The maximum Gasteiger partial charge on any atom is 0.254 e. The quantitative estimate of drug-likeness (QED) is 0.784. The molecule has 0 aliphatic carbocycles. The topological polar surface area (TPSA) is 36.4 Å². The Morgan fingerprint density at radius 1 is 1.44 bits per heavy atom. The molecule has 0 radical (unpaired) electrons. The number of amides is 1. The van der Waals surface area contributed by atoms with Crippen molar-refractivity contribution in [1.29, 1.82) is 0 Å². The van der Waals surface area contributed by atoms with Crippen LogP contribution in [0.1, 0.15) is 23.2 Å². The Hall–Kier alpha value is -0.940. The number of rotatable bonds is 2. The van der Waals surface area contributed by atoms with Crippen molar-refractivity contribution in [2.75, 3.05) is 27.2 Å². The van der Waals surface area contributed by atoms with Crippen molar-refractivity contribution in [3.8, 4) is 0 Å². The highest BCUT2D eigenvalue weighted by molar-refractivity contribution is 9.10. The van der Waals surface area contributed by atoms with Crippen molar-refractivity contribution in [1.82, 2.24) is 14.8 Å². The Balaban J connectivity index is 1.99. The van der Waals surface area contributed by atoms with E-state index in [9.17, 15) is 4.79 Å². The van der Waals surface area contributed by atoms with Gasteiger partial charge < -0.3 is 9.80 Å². The molecule has 1 aliphatic heterocycles. The lowest BCUT2D eigenvalue weighted by Crippen LogP contribution is -2.44. The largest absolute Gasteiger partial charge is 0.339 e. The van der Waals surface area contributed by atoms with Gasteiger partial charge in [0, 0.05) is 30.9 Å². The molecule has 2 heterocycles. The molecule has 0 atom stereocenters. The minimum Gasteiger partial charge on any atom is -0.339 e. The van der Waals surface area contributed by atoms with Crippen LogP contribution < -0.4 is 0 Å². The molecule has 1 amide bonds. The third-order valence-electron chi connectivity index (χ3n) is 3.46. The number of likely N-dealkylation sites (tertiary alicyclic amines) is 1. The molecule has 98 valence electrons. The third-order valence-corrected chi connectivity index (χ3v) is 3.89. The van der Waals surface area contributed by atoms with E-state index >= 15 is 0 Å². The third kappa shape index (κ3) is 3.09. The van der Waals surface area contributed by atoms with Gasteiger partial charge in [0.25, 0.3) is 5.91 Å². The number of halogens is 1. The summed E-state index contributed by atoms with van der Waals surface area (Å²) in [4.78, 5) is 20.5. The zero-order valence-corrected chi connectivity index (χ0v) is 12.4. The molecule has 4 nitrogen and oxygen atoms in total. The lowest BCUT2D eigenvalue weighted by atomic mass is 10.0. The number of carbonyl (C=O) groups excluding carboxylic acids is 1. The van der Waals surface area contributed by atoms with E-state index in [0.29, 0.717) is 16.2 Å². The molecule has 5 heteroatoms. The molecule has 1 fully saturated rings. The van der Waals surface area contributed by atoms with Gasteiger partial charge in [-0.1, -0.05) is 0 Å². The van der Waals surface area contributed by atoms with Gasteiger partial charge in [0.2, 0.25) is 0 Å². The van der Waals surface area contributed by atoms with Crippen LogP contribution >= 0.6 is 15.9 Å². The van der Waals surface area contributed by atoms with Crippen molar-refractivity contribution in [2.24, 2.45) is 0 Å². The standard InChI is InChI=1S/C13H18BrN3O/c1-16(2)11-4-7-17(8-5-11)13(18)10-3-6-15-12(14)9-10/h3,6,9,11H,4-5,7-8H2,1-2H3. The van der Waals surface area contributed by atoms with Crippen LogP contribution in [-0.4, -0.2) is 53.9 Å². The minimum atomic E-state index is 0.107. The van der Waals surface area contributed by atoms with Crippen LogP contribution in [0.5, 0.6) is 0 Å². The smallest absolute Gasteiger partial charge is 0.254 e. The van der Waals surface area contributed by atoms with Crippen molar-refractivity contribution in [3.63, 3.8) is 0 Å². The lowest BCUT2D eigenvalue weighted by Gasteiger charge is -2.35. The number of hydrogen-bond donors (Lipinski definition) is 0. The summed E-state index contributed by atoms with van der Waals surface area (Å²) in [5.41, 5.74) is 0.708. The molecule has 0 N–H and O–H groups in total. The molecule has 2 rings (SSSR count). The first-order valence-electron chi connectivity index (χ1n) is 6.15. The van der Waals surface area contributed by atoms with E-state index in [0.717, 1.165) is 25.9 Å². The summed E-state index contributed by atoms with van der Waals surface area (Å²) in [6.07, 6.45) is 3.75. The van der Waals surface area contributed by atoms with Crippen LogP contribution in [0.25, 0.3) is 0 Å². The summed E-state index contributed by atoms with van der Waals surface area (Å²) >= 11 is 3.29. The van der Waals surface area contributed by atoms with E-state index in [1.54, 1.807) is 18.3 Å². The maximum atomic E-state index is 12.3. The average molecular weight is 312 g/mol. The van der Waals surface area contributed by atoms with E-state index < -0.39 is 0 Å². The van der Waals surface area contributed by atoms with Gasteiger partial charge in [0.1, 0.15) is 4.60 Å². The lowest BCUT2D eigenvalue weighted by molar-refractivity contribution is 0.0663. The number of nitrogens with zero attached hydrogens (tertiary/aromatic N) is 3. The summed E-state index contributed by atoms with van der Waals surface area (Å²) < 4.78 is 0.705. The van der Waals surface area contributed by atoms with Gasteiger partial charge in [-0.05, 0) is 55.0 Å². The molecule has 0 spiro atoms. The molecule has 1 aromatic heterocycles. The van der Waals surface area contributed by atoms with Crippen molar-refractivity contribution in [2.45, 2.75) is 18.9 Å². The molecule has 18 heavy (non-hydrogen) atoms. The Morgan fingerprint density at radius 2 is 2.11 bits per heavy atom. The maximum absolute atomic E-state index is 12.3. The summed E-state index contributed by atoms with van der Waals surface area (Å²) in [7, 11) is 4.20. The molecule has 1 saturated heterocycles. The highest BCUT2D eigenvalue weighted by atomic mass is 79.9. The molecule has 0 bridgehead atoms. The first-order chi connectivity index (χ1) is 8.58. The summed E-state index contributed by atoms with van der Waals surface area (Å²) in [6, 6.07) is 4.14. The zero-order chi connectivity index (χ0) is 13.1. The summed E-state index contributed by atoms with van der Waals surface area (Å²) in [5.74, 6) is 0.107. The van der Waals surface area contributed by atoms with Gasteiger partial charge in [-0.15, -0.1) is 0 Å². The van der Waals surface area contributed by atoms with Gasteiger partial charge in [0.05, 0.1) is 0 Å². The van der Waals surface area contributed by atoms with E-state index in [-0.39, 0.29) is 5.91 Å². The number of carbonyl (C=O) groups is 1. The average Bonchev–Trinajstić information content (AvgIpc) is 2.38. The summed E-state index contributed by atoms with van der Waals surface area (Å²) in [6.45, 7) is 1.67. The molecule has 1 aliphatic rings. The second kappa shape index (κ2) is 5.80. The Morgan fingerprint density at radius 3 is 2.67 bits per heavy atom. The van der Waals surface area contributed by atoms with Crippen molar-refractivity contribution >= 4 is 21.8 Å². The fourth-order valence-electron chi connectivity index (χ4n) is 2.30. The van der Waals surface area contributed by atoms with Crippen LogP contribution in [0.3, 0.4) is 0 Å². The van der Waals surface area contributed by atoms with E-state index in [1.165, 1.54) is 0 Å². The monoisotopic (exact) mass is 311 g/mol. The first kappa shape index (κ1) is 13.5.